The summed E-state index contributed by atoms with van der Waals surface area (Å²) in [6.07, 6.45) is 0. The van der Waals surface area contributed by atoms with Gasteiger partial charge >= 0.3 is 0 Å². The Hall–Kier alpha value is -6.38. The van der Waals surface area contributed by atoms with Crippen LogP contribution in [0.1, 0.15) is 22.3 Å². The molecule has 49 heavy (non-hydrogen) atoms. The summed E-state index contributed by atoms with van der Waals surface area (Å²) in [6.45, 7) is 0. The normalized spacial score (nSPS) is 12.7. The molecule has 0 saturated heterocycles. The average molecular weight is 625 g/mol. The molecule has 230 valence electrons. The Labute approximate surface area is 287 Å². The van der Waals surface area contributed by atoms with Crippen molar-refractivity contribution in [1.82, 2.24) is 9.97 Å². The highest BCUT2D eigenvalue weighted by atomic mass is 14.9. The lowest BCUT2D eigenvalue weighted by atomic mass is 9.67. The zero-order valence-corrected chi connectivity index (χ0v) is 26.9. The topological polar surface area (TPSA) is 25.8 Å². The Morgan fingerprint density at radius 1 is 0.306 bits per heavy atom. The molecule has 0 bridgehead atoms. The van der Waals surface area contributed by atoms with Crippen molar-refractivity contribution in [3.63, 3.8) is 0 Å². The molecule has 7 aromatic carbocycles. The van der Waals surface area contributed by atoms with Crippen LogP contribution in [0.15, 0.2) is 194 Å². The third kappa shape index (κ3) is 4.89. The van der Waals surface area contributed by atoms with Crippen molar-refractivity contribution in [2.75, 3.05) is 0 Å². The van der Waals surface area contributed by atoms with Gasteiger partial charge in [0.05, 0.1) is 16.8 Å². The van der Waals surface area contributed by atoms with Crippen LogP contribution in [0.3, 0.4) is 0 Å². The maximum absolute atomic E-state index is 5.22. The van der Waals surface area contributed by atoms with Crippen LogP contribution in [0, 0.1) is 0 Å². The largest absolute Gasteiger partial charge is 0.228 e. The summed E-state index contributed by atoms with van der Waals surface area (Å²) in [5, 5.41) is 0. The van der Waals surface area contributed by atoms with E-state index in [0.29, 0.717) is 5.82 Å². The molecule has 1 aliphatic rings. The second-order valence-corrected chi connectivity index (χ2v) is 12.6. The van der Waals surface area contributed by atoms with Gasteiger partial charge < -0.3 is 0 Å². The molecule has 0 atom stereocenters. The van der Waals surface area contributed by atoms with Crippen molar-refractivity contribution in [2.24, 2.45) is 0 Å². The molecule has 1 aliphatic carbocycles. The lowest BCUT2D eigenvalue weighted by molar-refractivity contribution is 0.768. The van der Waals surface area contributed by atoms with Gasteiger partial charge in [0, 0.05) is 16.7 Å². The smallest absolute Gasteiger partial charge is 0.160 e. The molecule has 0 aliphatic heterocycles. The van der Waals surface area contributed by atoms with E-state index in [4.69, 9.17) is 9.97 Å². The predicted octanol–water partition coefficient (Wildman–Crippen LogP) is 11.5. The number of nitrogens with zero attached hydrogens (tertiary/aromatic N) is 2. The molecule has 2 heteroatoms. The van der Waals surface area contributed by atoms with Gasteiger partial charge in [-0.25, -0.2) is 9.97 Å². The van der Waals surface area contributed by atoms with E-state index < -0.39 is 5.41 Å². The summed E-state index contributed by atoms with van der Waals surface area (Å²) in [5.41, 5.74) is 14.4. The summed E-state index contributed by atoms with van der Waals surface area (Å²) < 4.78 is 0. The zero-order chi connectivity index (χ0) is 32.6. The molecule has 0 fully saturated rings. The highest BCUT2D eigenvalue weighted by Gasteiger charge is 2.46. The molecule has 0 radical (unpaired) electrons. The van der Waals surface area contributed by atoms with Gasteiger partial charge in [-0.1, -0.05) is 182 Å². The first-order valence-corrected chi connectivity index (χ1v) is 16.8. The summed E-state index contributed by atoms with van der Waals surface area (Å²) in [4.78, 5) is 10.3. The fourth-order valence-corrected chi connectivity index (χ4v) is 7.53. The molecule has 0 amide bonds. The molecular weight excluding hydrogens is 593 g/mol. The Kier molecular flexibility index (Phi) is 7.06. The Morgan fingerprint density at radius 2 is 0.755 bits per heavy atom. The summed E-state index contributed by atoms with van der Waals surface area (Å²) in [7, 11) is 0. The SMILES string of the molecule is c1ccc(-c2ccc(-c3cc(-c4ccc5c(c4)C(c4ccccc4)(c4ccccc4)c4ccccc4-5)nc(-c4ccccc4)n3)cc2)cc1. The minimum absolute atomic E-state index is 0.476. The van der Waals surface area contributed by atoms with E-state index in [0.717, 1.165) is 28.1 Å². The molecule has 1 aromatic heterocycles. The van der Waals surface area contributed by atoms with Crippen molar-refractivity contribution in [3.8, 4) is 56.2 Å². The van der Waals surface area contributed by atoms with Gasteiger partial charge in [-0.05, 0) is 56.6 Å². The van der Waals surface area contributed by atoms with Crippen molar-refractivity contribution in [3.05, 3.63) is 216 Å². The van der Waals surface area contributed by atoms with Gasteiger partial charge in [-0.15, -0.1) is 0 Å². The first kappa shape index (κ1) is 28.8. The van der Waals surface area contributed by atoms with Gasteiger partial charge in [-0.3, -0.25) is 0 Å². The number of aromatic nitrogens is 2. The van der Waals surface area contributed by atoms with Crippen LogP contribution < -0.4 is 0 Å². The number of rotatable bonds is 6. The van der Waals surface area contributed by atoms with Crippen molar-refractivity contribution in [1.29, 1.82) is 0 Å². The Bertz CT molecular complexity index is 2360. The van der Waals surface area contributed by atoms with Crippen molar-refractivity contribution < 1.29 is 0 Å². The Morgan fingerprint density at radius 3 is 1.39 bits per heavy atom. The molecule has 8 aromatic rings. The van der Waals surface area contributed by atoms with E-state index in [1.165, 1.54) is 44.5 Å². The molecular formula is C47H32N2. The highest BCUT2D eigenvalue weighted by Crippen LogP contribution is 2.56. The van der Waals surface area contributed by atoms with Crippen LogP contribution in [0.4, 0.5) is 0 Å². The molecule has 0 N–H and O–H groups in total. The highest BCUT2D eigenvalue weighted by molar-refractivity contribution is 5.88. The van der Waals surface area contributed by atoms with E-state index in [9.17, 15) is 0 Å². The number of hydrogen-bond donors (Lipinski definition) is 0. The van der Waals surface area contributed by atoms with Crippen LogP contribution in [0.2, 0.25) is 0 Å². The lowest BCUT2D eigenvalue weighted by Crippen LogP contribution is -2.28. The maximum atomic E-state index is 5.22. The van der Waals surface area contributed by atoms with Gasteiger partial charge in [-0.2, -0.15) is 0 Å². The lowest BCUT2D eigenvalue weighted by Gasteiger charge is -2.34. The number of hydrogen-bond acceptors (Lipinski definition) is 2. The summed E-state index contributed by atoms with van der Waals surface area (Å²) >= 11 is 0. The minimum Gasteiger partial charge on any atom is -0.228 e. The third-order valence-corrected chi connectivity index (χ3v) is 9.80. The van der Waals surface area contributed by atoms with Gasteiger partial charge in [0.15, 0.2) is 5.82 Å². The molecule has 0 unspecified atom stereocenters. The first-order valence-electron chi connectivity index (χ1n) is 16.8. The number of fused-ring (bicyclic) bond motifs is 3. The van der Waals surface area contributed by atoms with E-state index in [1.54, 1.807) is 0 Å². The van der Waals surface area contributed by atoms with Crippen LogP contribution in [-0.4, -0.2) is 9.97 Å². The van der Waals surface area contributed by atoms with Crippen LogP contribution in [0.5, 0.6) is 0 Å². The van der Waals surface area contributed by atoms with Gasteiger partial charge in [0.2, 0.25) is 0 Å². The number of benzene rings is 7. The molecule has 1 heterocycles. The fourth-order valence-electron chi connectivity index (χ4n) is 7.53. The van der Waals surface area contributed by atoms with Gasteiger partial charge in [0.1, 0.15) is 0 Å². The predicted molar refractivity (Wildman–Crippen MR) is 201 cm³/mol. The minimum atomic E-state index is -0.476. The van der Waals surface area contributed by atoms with E-state index >= 15 is 0 Å². The van der Waals surface area contributed by atoms with Crippen LogP contribution in [0.25, 0.3) is 56.2 Å². The van der Waals surface area contributed by atoms with Crippen molar-refractivity contribution in [2.45, 2.75) is 5.41 Å². The molecule has 0 saturated carbocycles. The second kappa shape index (κ2) is 12.0. The standard InChI is InChI=1S/C47H32N2/c1-5-15-33(16-6-1)34-25-27-35(28-26-34)44-32-45(49-46(48-44)36-17-7-2-8-18-36)37-29-30-41-40-23-13-14-24-42(40)47(43(41)31-37,38-19-9-3-10-20-38)39-21-11-4-12-22-39/h1-32H. The van der Waals surface area contributed by atoms with Crippen LogP contribution in [-0.2, 0) is 5.41 Å². The van der Waals surface area contributed by atoms with Gasteiger partial charge in [0.25, 0.3) is 0 Å². The molecule has 9 rings (SSSR count). The summed E-state index contributed by atoms with van der Waals surface area (Å²) in [6, 6.07) is 69.2. The fraction of sp³-hybridized carbons (Fsp3) is 0.0213. The van der Waals surface area contributed by atoms with E-state index in [2.05, 4.69) is 170 Å². The average Bonchev–Trinajstić information content (AvgIpc) is 3.49. The molecule has 2 nitrogen and oxygen atoms in total. The zero-order valence-electron chi connectivity index (χ0n) is 26.9. The molecule has 0 spiro atoms. The third-order valence-electron chi connectivity index (χ3n) is 9.80. The monoisotopic (exact) mass is 624 g/mol. The van der Waals surface area contributed by atoms with E-state index in [1.807, 2.05) is 24.3 Å². The summed E-state index contributed by atoms with van der Waals surface area (Å²) in [5.74, 6) is 0.710. The second-order valence-electron chi connectivity index (χ2n) is 12.6. The maximum Gasteiger partial charge on any atom is 0.160 e. The van der Waals surface area contributed by atoms with Crippen LogP contribution >= 0.6 is 0 Å². The van der Waals surface area contributed by atoms with Crippen molar-refractivity contribution >= 4 is 0 Å². The quantitative estimate of drug-likeness (QED) is 0.184. The Balaban J connectivity index is 1.25. The first-order chi connectivity index (χ1) is 24.3. The van der Waals surface area contributed by atoms with E-state index in [-0.39, 0.29) is 0 Å².